The lowest BCUT2D eigenvalue weighted by Gasteiger charge is -2.21. The molecule has 0 saturated carbocycles. The van der Waals surface area contributed by atoms with Crippen LogP contribution in [0.2, 0.25) is 0 Å². The molecule has 0 aliphatic rings. The van der Waals surface area contributed by atoms with E-state index in [1.165, 1.54) is 6.33 Å². The van der Waals surface area contributed by atoms with Crippen LogP contribution >= 0.6 is 0 Å². The van der Waals surface area contributed by atoms with E-state index in [1.54, 1.807) is 4.57 Å². The highest BCUT2D eigenvalue weighted by molar-refractivity contribution is 5.76. The van der Waals surface area contributed by atoms with Crippen molar-refractivity contribution in [3.05, 3.63) is 16.7 Å². The zero-order valence-corrected chi connectivity index (χ0v) is 15.0. The molecule has 0 spiro atoms. The molecule has 26 heavy (non-hydrogen) atoms. The highest BCUT2D eigenvalue weighted by Gasteiger charge is 2.24. The number of hydrogen-bond acceptors (Lipinski definition) is 8. The number of imidazole rings is 1. The summed E-state index contributed by atoms with van der Waals surface area (Å²) < 4.78 is 7.00. The van der Waals surface area contributed by atoms with Gasteiger partial charge in [0.15, 0.2) is 11.2 Å². The quantitative estimate of drug-likeness (QED) is 0.442. The molecule has 0 radical (unpaired) electrons. The Labute approximate surface area is 150 Å². The molecule has 6 N–H and O–H groups in total. The fourth-order valence-electron chi connectivity index (χ4n) is 2.54. The van der Waals surface area contributed by atoms with Crippen LogP contribution in [-0.4, -0.2) is 49.3 Å². The summed E-state index contributed by atoms with van der Waals surface area (Å²) in [5, 5.41) is 9.44. The Morgan fingerprint density at radius 3 is 2.88 bits per heavy atom. The Balaban J connectivity index is 1.93. The molecular formula is C16H26N6O4. The second-order valence-corrected chi connectivity index (χ2v) is 6.36. The molecule has 0 saturated heterocycles. The minimum atomic E-state index is -0.703. The van der Waals surface area contributed by atoms with Gasteiger partial charge in [0.2, 0.25) is 5.95 Å². The van der Waals surface area contributed by atoms with E-state index in [4.69, 9.17) is 16.2 Å². The number of anilines is 1. The first-order chi connectivity index (χ1) is 12.4. The molecule has 2 aromatic rings. The Morgan fingerprint density at radius 1 is 1.50 bits per heavy atom. The molecule has 2 aromatic heterocycles. The maximum atomic E-state index is 12.0. The summed E-state index contributed by atoms with van der Waals surface area (Å²) in [5.41, 5.74) is 11.6. The highest BCUT2D eigenvalue weighted by atomic mass is 16.6. The third-order valence-electron chi connectivity index (χ3n) is 4.43. The summed E-state index contributed by atoms with van der Waals surface area (Å²) in [5.74, 6) is -0.480. The van der Waals surface area contributed by atoms with Gasteiger partial charge in [-0.3, -0.25) is 14.6 Å². The number of aromatic nitrogens is 4. The monoisotopic (exact) mass is 366 g/mol. The van der Waals surface area contributed by atoms with Crippen LogP contribution in [0, 0.1) is 5.92 Å². The summed E-state index contributed by atoms with van der Waals surface area (Å²) >= 11 is 0. The predicted molar refractivity (Wildman–Crippen MR) is 96.2 cm³/mol. The number of H-pyrrole nitrogens is 1. The molecule has 3 atom stereocenters. The SMILES string of the molecule is CCC(C)[C@H](N)C(=O)O[C@@H](CO)CCCn1cnc2c(=O)[nH]c(N)nc21. The van der Waals surface area contributed by atoms with E-state index in [-0.39, 0.29) is 24.0 Å². The van der Waals surface area contributed by atoms with Gasteiger partial charge in [-0.2, -0.15) is 4.98 Å². The predicted octanol–water partition coefficient (Wildman–Crippen LogP) is -0.240. The Morgan fingerprint density at radius 2 is 2.23 bits per heavy atom. The van der Waals surface area contributed by atoms with Crippen molar-refractivity contribution in [1.82, 2.24) is 19.5 Å². The van der Waals surface area contributed by atoms with Gasteiger partial charge >= 0.3 is 5.97 Å². The molecular weight excluding hydrogens is 340 g/mol. The first-order valence-corrected chi connectivity index (χ1v) is 8.64. The zero-order chi connectivity index (χ0) is 19.3. The van der Waals surface area contributed by atoms with E-state index in [0.717, 1.165) is 6.42 Å². The molecule has 2 rings (SSSR count). The molecule has 1 unspecified atom stereocenters. The van der Waals surface area contributed by atoms with Gasteiger partial charge in [0.05, 0.1) is 12.9 Å². The van der Waals surface area contributed by atoms with Gasteiger partial charge in [-0.25, -0.2) is 4.98 Å². The maximum Gasteiger partial charge on any atom is 0.323 e. The molecule has 10 nitrogen and oxygen atoms in total. The van der Waals surface area contributed by atoms with Crippen LogP contribution in [-0.2, 0) is 16.1 Å². The number of hydrogen-bond donors (Lipinski definition) is 4. The van der Waals surface area contributed by atoms with Gasteiger partial charge in [0.1, 0.15) is 12.1 Å². The number of nitrogens with one attached hydrogen (secondary N) is 1. The number of ether oxygens (including phenoxy) is 1. The van der Waals surface area contributed by atoms with E-state index in [0.29, 0.717) is 25.0 Å². The Bertz CT molecular complexity index is 802. The summed E-state index contributed by atoms with van der Waals surface area (Å²) in [7, 11) is 0. The first-order valence-electron chi connectivity index (χ1n) is 8.64. The normalized spacial score (nSPS) is 14.9. The minimum Gasteiger partial charge on any atom is -0.459 e. The van der Waals surface area contributed by atoms with Crippen LogP contribution in [0.3, 0.4) is 0 Å². The van der Waals surface area contributed by atoms with Crippen molar-refractivity contribution in [3.63, 3.8) is 0 Å². The van der Waals surface area contributed by atoms with Crippen molar-refractivity contribution >= 4 is 23.1 Å². The molecule has 0 aliphatic carbocycles. The van der Waals surface area contributed by atoms with Crippen LogP contribution in [0.5, 0.6) is 0 Å². The van der Waals surface area contributed by atoms with Gasteiger partial charge < -0.3 is 25.9 Å². The third-order valence-corrected chi connectivity index (χ3v) is 4.43. The van der Waals surface area contributed by atoms with E-state index < -0.39 is 23.7 Å². The number of aliphatic hydroxyl groups excluding tert-OH is 1. The number of aliphatic hydroxyl groups is 1. The van der Waals surface area contributed by atoms with Crippen LogP contribution in [0.15, 0.2) is 11.1 Å². The van der Waals surface area contributed by atoms with Gasteiger partial charge in [0.25, 0.3) is 5.56 Å². The highest BCUT2D eigenvalue weighted by Crippen LogP contribution is 2.12. The number of esters is 1. The van der Waals surface area contributed by atoms with Gasteiger partial charge in [-0.15, -0.1) is 0 Å². The second kappa shape index (κ2) is 8.77. The van der Waals surface area contributed by atoms with E-state index in [9.17, 15) is 14.7 Å². The molecule has 2 heterocycles. The number of rotatable bonds is 9. The van der Waals surface area contributed by atoms with Crippen molar-refractivity contribution in [2.75, 3.05) is 12.3 Å². The number of carbonyl (C=O) groups is 1. The molecule has 0 fully saturated rings. The lowest BCUT2D eigenvalue weighted by Crippen LogP contribution is -2.40. The van der Waals surface area contributed by atoms with Crippen LogP contribution in [0.1, 0.15) is 33.1 Å². The second-order valence-electron chi connectivity index (χ2n) is 6.36. The van der Waals surface area contributed by atoms with Crippen molar-refractivity contribution in [3.8, 4) is 0 Å². The van der Waals surface area contributed by atoms with Crippen molar-refractivity contribution in [1.29, 1.82) is 0 Å². The Kier molecular flexibility index (Phi) is 6.70. The lowest BCUT2D eigenvalue weighted by molar-refractivity contribution is -0.154. The van der Waals surface area contributed by atoms with Crippen molar-refractivity contribution < 1.29 is 14.6 Å². The molecule has 144 valence electrons. The average molecular weight is 366 g/mol. The first kappa shape index (κ1) is 19.9. The Hall–Kier alpha value is -2.46. The fraction of sp³-hybridized carbons (Fsp3) is 0.625. The van der Waals surface area contributed by atoms with E-state index in [1.807, 2.05) is 13.8 Å². The van der Waals surface area contributed by atoms with Gasteiger partial charge in [-0.1, -0.05) is 20.3 Å². The molecule has 0 bridgehead atoms. The molecule has 0 aliphatic heterocycles. The zero-order valence-electron chi connectivity index (χ0n) is 15.0. The van der Waals surface area contributed by atoms with E-state index in [2.05, 4.69) is 15.0 Å². The van der Waals surface area contributed by atoms with E-state index >= 15 is 0 Å². The number of fused-ring (bicyclic) bond motifs is 1. The topological polar surface area (TPSA) is 162 Å². The number of aryl methyl sites for hydroxylation is 1. The fourth-order valence-corrected chi connectivity index (χ4v) is 2.54. The van der Waals surface area contributed by atoms with Crippen molar-refractivity contribution in [2.24, 2.45) is 11.7 Å². The molecule has 10 heteroatoms. The maximum absolute atomic E-state index is 12.0. The van der Waals surface area contributed by atoms with Crippen LogP contribution in [0.25, 0.3) is 11.2 Å². The lowest BCUT2D eigenvalue weighted by atomic mass is 10.0. The van der Waals surface area contributed by atoms with Crippen molar-refractivity contribution in [2.45, 2.75) is 51.8 Å². The molecule has 0 amide bonds. The summed E-state index contributed by atoms with van der Waals surface area (Å²) in [6, 6.07) is -0.703. The van der Waals surface area contributed by atoms with Gasteiger partial charge in [-0.05, 0) is 18.8 Å². The molecule has 0 aromatic carbocycles. The number of nitrogen functional groups attached to an aromatic ring is 1. The van der Waals surface area contributed by atoms with Crippen LogP contribution in [0.4, 0.5) is 5.95 Å². The summed E-state index contributed by atoms with van der Waals surface area (Å²) in [6.07, 6.45) is 2.66. The smallest absolute Gasteiger partial charge is 0.323 e. The standard InChI is InChI=1S/C16H26N6O4/c1-3-9(2)11(17)15(25)26-10(7-23)5-4-6-22-8-19-12-13(22)20-16(18)21-14(12)24/h8-11,23H,3-7,17H2,1-2H3,(H3,18,20,21,24)/t9?,10-,11+/m1/s1. The number of nitrogens with two attached hydrogens (primary N) is 2. The number of aromatic amines is 1. The number of carbonyl (C=O) groups excluding carboxylic acids is 1. The summed E-state index contributed by atoms with van der Waals surface area (Å²) in [4.78, 5) is 34.3. The third kappa shape index (κ3) is 4.58. The minimum absolute atomic E-state index is 0.00813. The largest absolute Gasteiger partial charge is 0.459 e. The van der Waals surface area contributed by atoms with Crippen LogP contribution < -0.4 is 17.0 Å². The summed E-state index contributed by atoms with van der Waals surface area (Å²) in [6.45, 7) is 4.03. The van der Waals surface area contributed by atoms with Gasteiger partial charge in [0, 0.05) is 6.54 Å². The number of nitrogens with zero attached hydrogens (tertiary/aromatic N) is 3. The average Bonchev–Trinajstić information content (AvgIpc) is 3.02.